The van der Waals surface area contributed by atoms with Crippen molar-refractivity contribution < 1.29 is 18.9 Å². The van der Waals surface area contributed by atoms with Crippen molar-refractivity contribution in [1.29, 1.82) is 0 Å². The zero-order chi connectivity index (χ0) is 16.1. The Kier molecular flexibility index (Phi) is 5.62. The molecule has 1 N–H and O–H groups in total. The van der Waals surface area contributed by atoms with Gasteiger partial charge in [0.1, 0.15) is 0 Å². The predicted octanol–water partition coefficient (Wildman–Crippen LogP) is 1.85. The Bertz CT molecular complexity index is 679. The van der Waals surface area contributed by atoms with Crippen LogP contribution in [0.15, 0.2) is 10.9 Å². The molecule has 2 rings (SSSR count). The van der Waals surface area contributed by atoms with Gasteiger partial charge in [-0.05, 0) is 13.8 Å². The zero-order valence-corrected chi connectivity index (χ0v) is 14.3. The van der Waals surface area contributed by atoms with E-state index in [9.17, 15) is 9.59 Å². The summed E-state index contributed by atoms with van der Waals surface area (Å²) in [7, 11) is 0. The minimum Gasteiger partial charge on any atom is -0.466 e. The summed E-state index contributed by atoms with van der Waals surface area (Å²) >= 11 is 2.91. The number of rotatable bonds is 6. The molecule has 2 aromatic rings. The largest absolute Gasteiger partial charge is 0.466 e. The molecule has 0 radical (unpaired) electrons. The average molecular weight is 340 g/mol. The lowest BCUT2D eigenvalue weighted by Gasteiger charge is -1.99. The fraction of sp³-hybridized carbons (Fsp3) is 0.429. The van der Waals surface area contributed by atoms with E-state index >= 15 is 0 Å². The fourth-order valence-corrected chi connectivity index (χ4v) is 3.32. The third-order valence-corrected chi connectivity index (χ3v) is 4.86. The van der Waals surface area contributed by atoms with Crippen LogP contribution < -0.4 is 9.88 Å². The number of ether oxygens (including phenoxy) is 1. The molecule has 0 fully saturated rings. The smallest absolute Gasteiger partial charge is 0.311 e. The second-order valence-corrected chi connectivity index (χ2v) is 6.58. The van der Waals surface area contributed by atoms with Crippen molar-refractivity contribution in [2.45, 2.75) is 33.7 Å². The minimum atomic E-state index is -0.314. The van der Waals surface area contributed by atoms with Crippen molar-refractivity contribution in [3.63, 3.8) is 0 Å². The van der Waals surface area contributed by atoms with E-state index in [4.69, 9.17) is 4.74 Å². The summed E-state index contributed by atoms with van der Waals surface area (Å²) in [4.78, 5) is 28.8. The van der Waals surface area contributed by atoms with Gasteiger partial charge in [0.2, 0.25) is 12.1 Å². The Morgan fingerprint density at radius 1 is 1.36 bits per heavy atom. The van der Waals surface area contributed by atoms with E-state index in [-0.39, 0.29) is 24.8 Å². The topological polar surface area (TPSA) is 72.2 Å². The van der Waals surface area contributed by atoms with Crippen LogP contribution >= 0.6 is 22.7 Å². The molecule has 0 bridgehead atoms. The van der Waals surface area contributed by atoms with Gasteiger partial charge in [-0.2, -0.15) is 4.57 Å². The molecule has 22 heavy (non-hydrogen) atoms. The molecule has 0 aromatic carbocycles. The third-order valence-electron chi connectivity index (χ3n) is 3.04. The van der Waals surface area contributed by atoms with Crippen LogP contribution in [0.4, 0.5) is 5.13 Å². The summed E-state index contributed by atoms with van der Waals surface area (Å²) in [5.41, 5.74) is 3.62. The van der Waals surface area contributed by atoms with Crippen molar-refractivity contribution in [3.8, 4) is 0 Å². The number of nitrogens with zero attached hydrogens (tertiary/aromatic N) is 2. The quantitative estimate of drug-likeness (QED) is 0.643. The number of carbonyl (C=O) groups excluding carboxylic acids is 2. The molecule has 0 saturated carbocycles. The zero-order valence-electron chi connectivity index (χ0n) is 12.7. The molecule has 6 nitrogen and oxygen atoms in total. The number of esters is 1. The molecule has 0 atom stereocenters. The highest BCUT2D eigenvalue weighted by Gasteiger charge is 2.17. The van der Waals surface area contributed by atoms with Crippen molar-refractivity contribution >= 4 is 39.7 Å². The number of carbonyl (C=O) groups is 2. The normalized spacial score (nSPS) is 10.5. The Labute approximate surface area is 136 Å². The van der Waals surface area contributed by atoms with Crippen LogP contribution in [0.3, 0.4) is 0 Å². The van der Waals surface area contributed by atoms with Gasteiger partial charge >= 0.3 is 5.97 Å². The van der Waals surface area contributed by atoms with Crippen LogP contribution in [0.1, 0.15) is 23.2 Å². The van der Waals surface area contributed by atoms with E-state index in [0.717, 1.165) is 5.69 Å². The maximum absolute atomic E-state index is 12.0. The number of hydrogen-bond donors (Lipinski definition) is 1. The monoisotopic (exact) mass is 340 g/mol. The first kappa shape index (κ1) is 16.6. The third kappa shape index (κ3) is 4.35. The van der Waals surface area contributed by atoms with Crippen LogP contribution in [-0.2, 0) is 27.3 Å². The van der Waals surface area contributed by atoms with Crippen LogP contribution in [0.2, 0.25) is 0 Å². The van der Waals surface area contributed by atoms with E-state index in [0.29, 0.717) is 17.4 Å². The van der Waals surface area contributed by atoms with Gasteiger partial charge in [0, 0.05) is 12.3 Å². The van der Waals surface area contributed by atoms with E-state index in [1.807, 2.05) is 23.9 Å². The van der Waals surface area contributed by atoms with Gasteiger partial charge in [0.25, 0.3) is 5.91 Å². The lowest BCUT2D eigenvalue weighted by Crippen LogP contribution is -2.40. The molecule has 0 saturated heterocycles. The first-order chi connectivity index (χ1) is 10.5. The molecule has 8 heteroatoms. The Morgan fingerprint density at radius 2 is 2.14 bits per heavy atom. The molecule has 0 spiro atoms. The van der Waals surface area contributed by atoms with Gasteiger partial charge in [-0.1, -0.05) is 11.3 Å². The second kappa shape index (κ2) is 7.46. The number of hydrogen-bond acceptors (Lipinski definition) is 6. The summed E-state index contributed by atoms with van der Waals surface area (Å²) < 4.78 is 6.77. The van der Waals surface area contributed by atoms with E-state index in [1.165, 1.54) is 16.2 Å². The highest BCUT2D eigenvalue weighted by atomic mass is 32.1. The number of nitrogens with one attached hydrogen (secondary N) is 1. The summed E-state index contributed by atoms with van der Waals surface area (Å²) in [5.74, 6) is -0.450. The number of thiazole rings is 2. The van der Waals surface area contributed by atoms with Crippen LogP contribution in [-0.4, -0.2) is 23.5 Å². The highest BCUT2D eigenvalue weighted by molar-refractivity contribution is 7.14. The molecule has 118 valence electrons. The van der Waals surface area contributed by atoms with Crippen molar-refractivity contribution in [3.05, 3.63) is 27.2 Å². The van der Waals surface area contributed by atoms with Gasteiger partial charge < -0.3 is 4.74 Å². The van der Waals surface area contributed by atoms with Gasteiger partial charge in [-0.3, -0.25) is 14.9 Å². The van der Waals surface area contributed by atoms with Gasteiger partial charge in [0.05, 0.1) is 23.6 Å². The lowest BCUT2D eigenvalue weighted by atomic mass is 10.3. The number of aryl methyl sites for hydroxylation is 1. The first-order valence-corrected chi connectivity index (χ1v) is 8.59. The lowest BCUT2D eigenvalue weighted by molar-refractivity contribution is -0.685. The van der Waals surface area contributed by atoms with Gasteiger partial charge in [-0.25, -0.2) is 4.98 Å². The van der Waals surface area contributed by atoms with Crippen LogP contribution in [0.5, 0.6) is 0 Å². The molecule has 0 aliphatic rings. The minimum absolute atomic E-state index is 0.123. The first-order valence-electron chi connectivity index (χ1n) is 6.83. The van der Waals surface area contributed by atoms with Gasteiger partial charge in [0.15, 0.2) is 10.8 Å². The van der Waals surface area contributed by atoms with Crippen molar-refractivity contribution in [1.82, 2.24) is 4.98 Å². The Balaban J connectivity index is 1.91. The second-order valence-electron chi connectivity index (χ2n) is 4.67. The number of aromatic nitrogens is 2. The van der Waals surface area contributed by atoms with E-state index in [1.54, 1.807) is 23.6 Å². The van der Waals surface area contributed by atoms with E-state index < -0.39 is 0 Å². The molecule has 0 aliphatic heterocycles. The summed E-state index contributed by atoms with van der Waals surface area (Å²) in [6.45, 7) is 6.37. The van der Waals surface area contributed by atoms with Gasteiger partial charge in [-0.15, -0.1) is 11.3 Å². The molecular weight excluding hydrogens is 322 g/mol. The summed E-state index contributed by atoms with van der Waals surface area (Å²) in [6, 6.07) is 0. The Morgan fingerprint density at radius 3 is 2.77 bits per heavy atom. The molecule has 2 aromatic heterocycles. The molecule has 0 aliphatic carbocycles. The highest BCUT2D eigenvalue weighted by Crippen LogP contribution is 2.16. The van der Waals surface area contributed by atoms with Crippen LogP contribution in [0.25, 0.3) is 0 Å². The predicted molar refractivity (Wildman–Crippen MR) is 85.1 cm³/mol. The van der Waals surface area contributed by atoms with Crippen molar-refractivity contribution in [2.24, 2.45) is 0 Å². The molecule has 0 unspecified atom stereocenters. The maximum Gasteiger partial charge on any atom is 0.311 e. The van der Waals surface area contributed by atoms with Crippen LogP contribution in [0, 0.1) is 13.8 Å². The number of amides is 1. The Hall–Kier alpha value is -1.80. The fourth-order valence-electron chi connectivity index (χ4n) is 1.78. The standard InChI is InChI=1S/C14H17N3O3S2/c1-4-20-13(19)5-11-7-21-14(15-11)16-12(18)6-17-8-22-10(3)9(17)2/h7-8H,4-6H2,1-3H3/p+1. The van der Waals surface area contributed by atoms with Crippen molar-refractivity contribution in [2.75, 3.05) is 11.9 Å². The SMILES string of the molecule is CCOC(=O)Cc1csc(NC(=O)C[n+]2csc(C)c2C)n1. The summed E-state index contributed by atoms with van der Waals surface area (Å²) in [6.07, 6.45) is 0.123. The average Bonchev–Trinajstić information content (AvgIpc) is 3.00. The number of anilines is 1. The van der Waals surface area contributed by atoms with E-state index in [2.05, 4.69) is 10.3 Å². The summed E-state index contributed by atoms with van der Waals surface area (Å²) in [5, 5.41) is 5.00. The maximum atomic E-state index is 12.0. The molecule has 2 heterocycles. The molecular formula is C14H18N3O3S2+. The molecule has 1 amide bonds.